The molecule has 1 aromatic heterocycles. The highest BCUT2D eigenvalue weighted by Crippen LogP contribution is 2.29. The Balaban J connectivity index is 2.43. The van der Waals surface area contributed by atoms with E-state index in [1.807, 2.05) is 30.1 Å². The molecule has 1 N–H and O–H groups in total. The largest absolute Gasteiger partial charge is 0.357 e. The third kappa shape index (κ3) is 2.83. The summed E-state index contributed by atoms with van der Waals surface area (Å²) < 4.78 is 0.788. The molecule has 0 bridgehead atoms. The lowest BCUT2D eigenvalue weighted by Gasteiger charge is -2.20. The molecule has 0 unspecified atom stereocenters. The van der Waals surface area contributed by atoms with Gasteiger partial charge in [0.25, 0.3) is 0 Å². The SMILES string of the molecule is CNc1ncc(Br)c(N(C)c2cccc(C#N)c2)n1. The molecule has 0 aliphatic carbocycles. The molecule has 19 heavy (non-hydrogen) atoms. The van der Waals surface area contributed by atoms with E-state index in [-0.39, 0.29) is 0 Å². The van der Waals surface area contributed by atoms with E-state index < -0.39 is 0 Å². The Morgan fingerprint density at radius 2 is 2.21 bits per heavy atom. The summed E-state index contributed by atoms with van der Waals surface area (Å²) in [5.41, 5.74) is 1.50. The fourth-order valence-electron chi connectivity index (χ4n) is 1.62. The third-order valence-electron chi connectivity index (χ3n) is 2.63. The molecule has 96 valence electrons. The summed E-state index contributed by atoms with van der Waals surface area (Å²) >= 11 is 3.43. The molecule has 5 nitrogen and oxygen atoms in total. The second kappa shape index (κ2) is 5.67. The fraction of sp³-hybridized carbons (Fsp3) is 0.154. The van der Waals surface area contributed by atoms with Gasteiger partial charge in [-0.05, 0) is 34.1 Å². The predicted octanol–water partition coefficient (Wildman–Crippen LogP) is 2.92. The van der Waals surface area contributed by atoms with Crippen molar-refractivity contribution in [3.05, 3.63) is 40.5 Å². The number of nitrogens with one attached hydrogen (secondary N) is 1. The molecular weight excluding hydrogens is 306 g/mol. The van der Waals surface area contributed by atoms with Crippen LogP contribution in [0.25, 0.3) is 0 Å². The number of halogens is 1. The number of anilines is 3. The molecule has 0 saturated carbocycles. The molecule has 0 saturated heterocycles. The van der Waals surface area contributed by atoms with Gasteiger partial charge in [-0.3, -0.25) is 0 Å². The number of nitriles is 1. The third-order valence-corrected chi connectivity index (χ3v) is 3.19. The molecule has 1 aromatic carbocycles. The van der Waals surface area contributed by atoms with Crippen molar-refractivity contribution in [2.75, 3.05) is 24.3 Å². The minimum atomic E-state index is 0.543. The number of benzene rings is 1. The van der Waals surface area contributed by atoms with Crippen molar-refractivity contribution in [1.82, 2.24) is 9.97 Å². The second-order valence-corrected chi connectivity index (χ2v) is 4.69. The van der Waals surface area contributed by atoms with Crippen LogP contribution in [0.15, 0.2) is 34.9 Å². The fourth-order valence-corrected chi connectivity index (χ4v) is 2.08. The van der Waals surface area contributed by atoms with Gasteiger partial charge in [0.05, 0.1) is 16.1 Å². The summed E-state index contributed by atoms with van der Waals surface area (Å²) in [4.78, 5) is 10.4. The molecule has 0 radical (unpaired) electrons. The zero-order valence-corrected chi connectivity index (χ0v) is 12.1. The van der Waals surface area contributed by atoms with Crippen LogP contribution in [0.2, 0.25) is 0 Å². The Labute approximate surface area is 120 Å². The van der Waals surface area contributed by atoms with Crippen molar-refractivity contribution in [2.45, 2.75) is 0 Å². The molecule has 0 aliphatic rings. The lowest BCUT2D eigenvalue weighted by atomic mass is 10.2. The topological polar surface area (TPSA) is 64.8 Å². The lowest BCUT2D eigenvalue weighted by Crippen LogP contribution is -2.13. The van der Waals surface area contributed by atoms with Crippen molar-refractivity contribution in [3.63, 3.8) is 0 Å². The van der Waals surface area contributed by atoms with E-state index in [1.54, 1.807) is 19.3 Å². The average Bonchev–Trinajstić information content (AvgIpc) is 2.47. The molecule has 6 heteroatoms. The Morgan fingerprint density at radius 3 is 2.89 bits per heavy atom. The highest BCUT2D eigenvalue weighted by Gasteiger charge is 2.11. The van der Waals surface area contributed by atoms with Gasteiger partial charge >= 0.3 is 0 Å². The van der Waals surface area contributed by atoms with E-state index >= 15 is 0 Å². The van der Waals surface area contributed by atoms with Crippen LogP contribution in [0.1, 0.15) is 5.56 Å². The van der Waals surface area contributed by atoms with Crippen LogP contribution in [-0.2, 0) is 0 Å². The summed E-state index contributed by atoms with van der Waals surface area (Å²) in [7, 11) is 3.66. The van der Waals surface area contributed by atoms with Crippen molar-refractivity contribution in [1.29, 1.82) is 5.26 Å². The van der Waals surface area contributed by atoms with E-state index in [4.69, 9.17) is 5.26 Å². The quantitative estimate of drug-likeness (QED) is 0.942. The first kappa shape index (κ1) is 13.3. The van der Waals surface area contributed by atoms with Crippen molar-refractivity contribution in [3.8, 4) is 6.07 Å². The van der Waals surface area contributed by atoms with E-state index in [2.05, 4.69) is 37.3 Å². The first-order valence-electron chi connectivity index (χ1n) is 5.60. The number of hydrogen-bond acceptors (Lipinski definition) is 5. The molecule has 0 atom stereocenters. The summed E-state index contributed by atoms with van der Waals surface area (Å²) in [6.45, 7) is 0. The minimum absolute atomic E-state index is 0.543. The predicted molar refractivity (Wildman–Crippen MR) is 78.5 cm³/mol. The zero-order chi connectivity index (χ0) is 13.8. The van der Waals surface area contributed by atoms with Gasteiger partial charge in [0, 0.05) is 26.0 Å². The summed E-state index contributed by atoms with van der Waals surface area (Å²) in [5.74, 6) is 1.27. The van der Waals surface area contributed by atoms with Crippen LogP contribution < -0.4 is 10.2 Å². The van der Waals surface area contributed by atoms with Crippen molar-refractivity contribution >= 4 is 33.4 Å². The summed E-state index contributed by atoms with van der Waals surface area (Å²) in [6, 6.07) is 9.48. The van der Waals surface area contributed by atoms with Gasteiger partial charge in [0.15, 0.2) is 5.82 Å². The van der Waals surface area contributed by atoms with E-state index in [9.17, 15) is 0 Å². The first-order valence-corrected chi connectivity index (χ1v) is 6.39. The molecular formula is C13H12BrN5. The molecule has 0 amide bonds. The van der Waals surface area contributed by atoms with Crippen LogP contribution in [0, 0.1) is 11.3 Å². The van der Waals surface area contributed by atoms with Gasteiger partial charge in [0.2, 0.25) is 5.95 Å². The van der Waals surface area contributed by atoms with E-state index in [0.717, 1.165) is 16.0 Å². The van der Waals surface area contributed by atoms with Crippen LogP contribution in [0.3, 0.4) is 0 Å². The Kier molecular flexibility index (Phi) is 3.97. The van der Waals surface area contributed by atoms with E-state index in [0.29, 0.717) is 11.5 Å². The van der Waals surface area contributed by atoms with Gasteiger partial charge in [-0.2, -0.15) is 10.2 Å². The van der Waals surface area contributed by atoms with Gasteiger partial charge in [-0.1, -0.05) is 6.07 Å². The number of hydrogen-bond donors (Lipinski definition) is 1. The number of rotatable bonds is 3. The van der Waals surface area contributed by atoms with Crippen LogP contribution in [0.4, 0.5) is 17.5 Å². The molecule has 0 spiro atoms. The summed E-state index contributed by atoms with van der Waals surface area (Å²) in [5, 5.41) is 11.8. The van der Waals surface area contributed by atoms with Crippen molar-refractivity contribution in [2.24, 2.45) is 0 Å². The molecule has 2 aromatic rings. The molecule has 0 fully saturated rings. The maximum absolute atomic E-state index is 8.94. The number of nitrogens with zero attached hydrogens (tertiary/aromatic N) is 4. The molecule has 1 heterocycles. The van der Waals surface area contributed by atoms with Crippen molar-refractivity contribution < 1.29 is 0 Å². The Morgan fingerprint density at radius 1 is 1.42 bits per heavy atom. The first-order chi connectivity index (χ1) is 9.15. The van der Waals surface area contributed by atoms with Crippen LogP contribution in [0.5, 0.6) is 0 Å². The highest BCUT2D eigenvalue weighted by molar-refractivity contribution is 9.10. The van der Waals surface area contributed by atoms with Gasteiger partial charge < -0.3 is 10.2 Å². The van der Waals surface area contributed by atoms with Gasteiger partial charge in [-0.25, -0.2) is 4.98 Å². The molecule has 2 rings (SSSR count). The second-order valence-electron chi connectivity index (χ2n) is 3.84. The smallest absolute Gasteiger partial charge is 0.224 e. The molecule has 0 aliphatic heterocycles. The number of aromatic nitrogens is 2. The van der Waals surface area contributed by atoms with Crippen LogP contribution >= 0.6 is 15.9 Å². The van der Waals surface area contributed by atoms with E-state index in [1.165, 1.54) is 0 Å². The lowest BCUT2D eigenvalue weighted by molar-refractivity contribution is 1.06. The standard InChI is InChI=1S/C13H12BrN5/c1-16-13-17-8-11(14)12(18-13)19(2)10-5-3-4-9(6-10)7-15/h3-6,8H,1-2H3,(H,16,17,18). The minimum Gasteiger partial charge on any atom is -0.357 e. The van der Waals surface area contributed by atoms with Gasteiger partial charge in [0.1, 0.15) is 0 Å². The monoisotopic (exact) mass is 317 g/mol. The maximum Gasteiger partial charge on any atom is 0.224 e. The van der Waals surface area contributed by atoms with Crippen LogP contribution in [-0.4, -0.2) is 24.1 Å². The summed E-state index contributed by atoms with van der Waals surface area (Å²) in [6.07, 6.45) is 1.69. The highest BCUT2D eigenvalue weighted by atomic mass is 79.9. The average molecular weight is 318 g/mol. The maximum atomic E-state index is 8.94. The Hall–Kier alpha value is -2.13. The van der Waals surface area contributed by atoms with Gasteiger partial charge in [-0.15, -0.1) is 0 Å². The normalized spacial score (nSPS) is 9.79. The Bertz CT molecular complexity index is 635. The zero-order valence-electron chi connectivity index (χ0n) is 10.6.